The molecule has 2 fully saturated rings. The SMILES string of the molecule is COc1ccc(C(=O)NC2CC3CCC(C2)N3c2ccc(C(=O)NCc3ccccc3)cn2)c(C)c1OC. The van der Waals surface area contributed by atoms with Crippen LogP contribution in [-0.2, 0) is 6.54 Å². The number of rotatable bonds is 8. The number of carbonyl (C=O) groups is 2. The van der Waals surface area contributed by atoms with E-state index in [4.69, 9.17) is 9.47 Å². The molecular formula is C30H34N4O4. The van der Waals surface area contributed by atoms with Crippen molar-refractivity contribution in [3.63, 3.8) is 0 Å². The fraction of sp³-hybridized carbons (Fsp3) is 0.367. The summed E-state index contributed by atoms with van der Waals surface area (Å²) in [6.07, 6.45) is 5.49. The number of hydrogen-bond donors (Lipinski definition) is 2. The molecule has 198 valence electrons. The van der Waals surface area contributed by atoms with Crippen LogP contribution in [0.5, 0.6) is 11.5 Å². The molecule has 2 bridgehead atoms. The maximum atomic E-state index is 13.2. The first-order valence-electron chi connectivity index (χ1n) is 13.1. The molecule has 0 saturated carbocycles. The van der Waals surface area contributed by atoms with Gasteiger partial charge >= 0.3 is 0 Å². The van der Waals surface area contributed by atoms with Gasteiger partial charge in [0.05, 0.1) is 19.8 Å². The highest BCUT2D eigenvalue weighted by molar-refractivity contribution is 5.97. The molecular weight excluding hydrogens is 480 g/mol. The predicted molar refractivity (Wildman–Crippen MR) is 146 cm³/mol. The Hall–Kier alpha value is -4.07. The quantitative estimate of drug-likeness (QED) is 0.467. The second-order valence-corrected chi connectivity index (χ2v) is 9.98. The molecule has 2 aliphatic rings. The van der Waals surface area contributed by atoms with Crippen molar-refractivity contribution in [3.8, 4) is 11.5 Å². The van der Waals surface area contributed by atoms with Crippen LogP contribution >= 0.6 is 0 Å². The summed E-state index contributed by atoms with van der Waals surface area (Å²) in [4.78, 5) is 32.8. The van der Waals surface area contributed by atoms with Gasteiger partial charge in [-0.25, -0.2) is 4.98 Å². The van der Waals surface area contributed by atoms with Crippen molar-refractivity contribution >= 4 is 17.6 Å². The second-order valence-electron chi connectivity index (χ2n) is 9.98. The van der Waals surface area contributed by atoms with E-state index >= 15 is 0 Å². The molecule has 8 heteroatoms. The minimum atomic E-state index is -0.136. The van der Waals surface area contributed by atoms with Crippen molar-refractivity contribution < 1.29 is 19.1 Å². The molecule has 38 heavy (non-hydrogen) atoms. The lowest BCUT2D eigenvalue weighted by molar-refractivity contribution is 0.0923. The molecule has 2 unspecified atom stereocenters. The smallest absolute Gasteiger partial charge is 0.253 e. The summed E-state index contributed by atoms with van der Waals surface area (Å²) in [5.74, 6) is 1.85. The molecule has 2 amide bonds. The lowest BCUT2D eigenvalue weighted by atomic mass is 9.96. The van der Waals surface area contributed by atoms with E-state index in [2.05, 4.69) is 20.5 Å². The minimum absolute atomic E-state index is 0.0896. The number of ether oxygens (including phenoxy) is 2. The lowest BCUT2D eigenvalue weighted by Crippen LogP contribution is -2.50. The Bertz CT molecular complexity index is 1280. The van der Waals surface area contributed by atoms with E-state index in [1.807, 2.05) is 49.4 Å². The van der Waals surface area contributed by atoms with Gasteiger partial charge in [-0.2, -0.15) is 0 Å². The number of anilines is 1. The van der Waals surface area contributed by atoms with Crippen LogP contribution in [-0.4, -0.2) is 49.1 Å². The second kappa shape index (κ2) is 11.1. The summed E-state index contributed by atoms with van der Waals surface area (Å²) < 4.78 is 10.8. The third-order valence-electron chi connectivity index (χ3n) is 7.68. The van der Waals surface area contributed by atoms with Crippen LogP contribution in [0.2, 0.25) is 0 Å². The van der Waals surface area contributed by atoms with Crippen LogP contribution in [0, 0.1) is 6.92 Å². The van der Waals surface area contributed by atoms with Crippen molar-refractivity contribution in [2.24, 2.45) is 0 Å². The van der Waals surface area contributed by atoms with E-state index < -0.39 is 0 Å². The van der Waals surface area contributed by atoms with Crippen molar-refractivity contribution in [2.75, 3.05) is 19.1 Å². The zero-order valence-electron chi connectivity index (χ0n) is 22.1. The summed E-state index contributed by atoms with van der Waals surface area (Å²) in [5.41, 5.74) is 2.96. The first-order chi connectivity index (χ1) is 18.5. The number of aromatic nitrogens is 1. The van der Waals surface area contributed by atoms with Crippen LogP contribution in [0.25, 0.3) is 0 Å². The van der Waals surface area contributed by atoms with Gasteiger partial charge in [-0.05, 0) is 62.4 Å². The Kier molecular flexibility index (Phi) is 7.49. The Morgan fingerprint density at radius 2 is 1.68 bits per heavy atom. The van der Waals surface area contributed by atoms with Crippen LogP contribution in [0.3, 0.4) is 0 Å². The number of pyridine rings is 1. The maximum Gasteiger partial charge on any atom is 0.253 e. The number of nitrogens with zero attached hydrogens (tertiary/aromatic N) is 2. The predicted octanol–water partition coefficient (Wildman–Crippen LogP) is 4.27. The number of nitrogens with one attached hydrogen (secondary N) is 2. The molecule has 1 aromatic heterocycles. The Morgan fingerprint density at radius 3 is 2.32 bits per heavy atom. The molecule has 2 N–H and O–H groups in total. The average Bonchev–Trinajstić information content (AvgIpc) is 3.21. The number of hydrogen-bond acceptors (Lipinski definition) is 6. The van der Waals surface area contributed by atoms with E-state index in [0.29, 0.717) is 41.3 Å². The highest BCUT2D eigenvalue weighted by Crippen LogP contribution is 2.39. The van der Waals surface area contributed by atoms with Crippen molar-refractivity contribution in [3.05, 3.63) is 83.0 Å². The minimum Gasteiger partial charge on any atom is -0.493 e. The van der Waals surface area contributed by atoms with Gasteiger partial charge in [0.2, 0.25) is 0 Å². The van der Waals surface area contributed by atoms with E-state index in [1.54, 1.807) is 32.5 Å². The van der Waals surface area contributed by atoms with Crippen molar-refractivity contribution in [1.29, 1.82) is 0 Å². The van der Waals surface area contributed by atoms with Gasteiger partial charge in [-0.3, -0.25) is 9.59 Å². The number of fused-ring (bicyclic) bond motifs is 2. The first kappa shape index (κ1) is 25.6. The molecule has 2 aliphatic heterocycles. The van der Waals surface area contributed by atoms with Crippen LogP contribution < -0.4 is 25.0 Å². The monoisotopic (exact) mass is 514 g/mol. The van der Waals surface area contributed by atoms with E-state index in [9.17, 15) is 9.59 Å². The number of benzene rings is 2. The summed E-state index contributed by atoms with van der Waals surface area (Å²) in [6.45, 7) is 2.35. The number of piperidine rings is 1. The molecule has 3 heterocycles. The molecule has 8 nitrogen and oxygen atoms in total. The van der Waals surface area contributed by atoms with E-state index in [-0.39, 0.29) is 17.9 Å². The highest BCUT2D eigenvalue weighted by Gasteiger charge is 2.42. The van der Waals surface area contributed by atoms with E-state index in [1.165, 1.54) is 0 Å². The van der Waals surface area contributed by atoms with Gasteiger partial charge in [0, 0.05) is 42.0 Å². The zero-order valence-corrected chi connectivity index (χ0v) is 22.1. The normalized spacial score (nSPS) is 20.1. The molecule has 2 atom stereocenters. The highest BCUT2D eigenvalue weighted by atomic mass is 16.5. The summed E-state index contributed by atoms with van der Waals surface area (Å²) in [6, 6.07) is 17.9. The molecule has 2 aromatic carbocycles. The number of carbonyl (C=O) groups excluding carboxylic acids is 2. The van der Waals surface area contributed by atoms with Gasteiger partial charge in [0.15, 0.2) is 11.5 Å². The van der Waals surface area contributed by atoms with Gasteiger partial charge < -0.3 is 25.0 Å². The third-order valence-corrected chi connectivity index (χ3v) is 7.68. The molecule has 5 rings (SSSR count). The standard InChI is InChI=1S/C30H34N4O4/c1-19-25(12-13-26(37-2)28(19)38-3)30(36)33-22-15-23-10-11-24(16-22)34(23)27-14-9-21(18-31-27)29(35)32-17-20-7-5-4-6-8-20/h4-9,12-14,18,22-24H,10-11,15-17H2,1-3H3,(H,32,35)(H,33,36). The third kappa shape index (κ3) is 5.16. The summed E-state index contributed by atoms with van der Waals surface area (Å²) >= 11 is 0. The molecule has 2 saturated heterocycles. The number of methoxy groups -OCH3 is 2. The van der Waals surface area contributed by atoms with Gasteiger partial charge in [-0.15, -0.1) is 0 Å². The fourth-order valence-electron chi connectivity index (χ4n) is 5.81. The fourth-order valence-corrected chi connectivity index (χ4v) is 5.81. The van der Waals surface area contributed by atoms with Crippen LogP contribution in [0.4, 0.5) is 5.82 Å². The Labute approximate surface area is 223 Å². The topological polar surface area (TPSA) is 92.8 Å². The van der Waals surface area contributed by atoms with Gasteiger partial charge in [-0.1, -0.05) is 30.3 Å². The molecule has 0 aliphatic carbocycles. The zero-order chi connectivity index (χ0) is 26.6. The Morgan fingerprint density at radius 1 is 0.947 bits per heavy atom. The maximum absolute atomic E-state index is 13.2. The molecule has 0 radical (unpaired) electrons. The lowest BCUT2D eigenvalue weighted by Gasteiger charge is -2.40. The molecule has 0 spiro atoms. The Balaban J connectivity index is 1.20. The van der Waals surface area contributed by atoms with Gasteiger partial charge in [0.1, 0.15) is 5.82 Å². The van der Waals surface area contributed by atoms with Crippen LogP contribution in [0.15, 0.2) is 60.8 Å². The van der Waals surface area contributed by atoms with Crippen LogP contribution in [0.1, 0.15) is 57.5 Å². The van der Waals surface area contributed by atoms with Gasteiger partial charge in [0.25, 0.3) is 11.8 Å². The summed E-state index contributed by atoms with van der Waals surface area (Å²) in [5, 5.41) is 6.21. The first-order valence-corrected chi connectivity index (χ1v) is 13.1. The average molecular weight is 515 g/mol. The van der Waals surface area contributed by atoms with Crippen molar-refractivity contribution in [1.82, 2.24) is 15.6 Å². The van der Waals surface area contributed by atoms with Crippen molar-refractivity contribution in [2.45, 2.75) is 57.3 Å². The number of amides is 2. The molecule has 3 aromatic rings. The summed E-state index contributed by atoms with van der Waals surface area (Å²) in [7, 11) is 3.17. The van der Waals surface area contributed by atoms with E-state index in [0.717, 1.165) is 42.6 Å². The largest absolute Gasteiger partial charge is 0.493 e.